The van der Waals surface area contributed by atoms with Crippen molar-refractivity contribution in [1.29, 1.82) is 0 Å². The van der Waals surface area contributed by atoms with Gasteiger partial charge in [0.25, 0.3) is 15.6 Å². The number of aromatic amines is 2. The Morgan fingerprint density at radius 3 is 2.70 bits per heavy atom. The molecule has 2 heterocycles. The molecule has 0 bridgehead atoms. The van der Waals surface area contributed by atoms with Gasteiger partial charge >= 0.3 is 5.97 Å². The predicted octanol–water partition coefficient (Wildman–Crippen LogP) is 3.14. The highest BCUT2D eigenvalue weighted by atomic mass is 32.2. The zero-order valence-corrected chi connectivity index (χ0v) is 16.8. The van der Waals surface area contributed by atoms with E-state index >= 15 is 0 Å². The van der Waals surface area contributed by atoms with E-state index in [1.807, 2.05) is 13.0 Å². The maximum absolute atomic E-state index is 12.8. The van der Waals surface area contributed by atoms with Gasteiger partial charge in [-0.15, -0.1) is 0 Å². The average molecular weight is 425 g/mol. The quantitative estimate of drug-likeness (QED) is 0.377. The lowest BCUT2D eigenvalue weighted by Crippen LogP contribution is -2.13. The molecular weight excluding hydrogens is 406 g/mol. The lowest BCUT2D eigenvalue weighted by Gasteiger charge is -2.10. The average Bonchev–Trinajstić information content (AvgIpc) is 3.12. The standard InChI is InChI=1S/C21H19N3O5S/c1-12-3-2-4-15(9-12)30(28,29)24-14-6-7-17-16(10-14)19-13(5-8-18(25)26)11-22-20(19)21(27)23-17/h2-4,6-7,9-11,22,24H,5,8H2,1H3,(H,23,27)(H,25,26). The molecule has 0 aliphatic rings. The van der Waals surface area contributed by atoms with Gasteiger partial charge in [0.2, 0.25) is 0 Å². The number of hydrogen-bond acceptors (Lipinski definition) is 4. The molecule has 0 saturated heterocycles. The van der Waals surface area contributed by atoms with Gasteiger partial charge in [0, 0.05) is 34.6 Å². The van der Waals surface area contributed by atoms with Crippen molar-refractivity contribution in [3.8, 4) is 0 Å². The highest BCUT2D eigenvalue weighted by Crippen LogP contribution is 2.29. The highest BCUT2D eigenvalue weighted by Gasteiger charge is 2.17. The fourth-order valence-electron chi connectivity index (χ4n) is 3.49. The Morgan fingerprint density at radius 1 is 1.17 bits per heavy atom. The smallest absolute Gasteiger partial charge is 0.303 e. The molecule has 0 atom stereocenters. The third kappa shape index (κ3) is 3.67. The Bertz CT molecular complexity index is 1450. The Morgan fingerprint density at radius 2 is 1.97 bits per heavy atom. The number of aromatic nitrogens is 2. The van der Waals surface area contributed by atoms with Gasteiger partial charge in [0.15, 0.2) is 0 Å². The lowest BCUT2D eigenvalue weighted by atomic mass is 10.0. The summed E-state index contributed by atoms with van der Waals surface area (Å²) in [6, 6.07) is 11.4. The number of nitrogens with one attached hydrogen (secondary N) is 3. The van der Waals surface area contributed by atoms with Gasteiger partial charge in [-0.1, -0.05) is 12.1 Å². The molecule has 8 nitrogen and oxygen atoms in total. The van der Waals surface area contributed by atoms with Crippen LogP contribution in [0.15, 0.2) is 58.4 Å². The minimum atomic E-state index is -3.79. The molecule has 154 valence electrons. The first-order valence-corrected chi connectivity index (χ1v) is 10.7. The van der Waals surface area contributed by atoms with Crippen molar-refractivity contribution in [2.75, 3.05) is 4.72 Å². The van der Waals surface area contributed by atoms with E-state index < -0.39 is 16.0 Å². The number of sulfonamides is 1. The van der Waals surface area contributed by atoms with Crippen molar-refractivity contribution in [2.45, 2.75) is 24.7 Å². The molecule has 0 spiro atoms. The first-order chi connectivity index (χ1) is 14.2. The monoisotopic (exact) mass is 425 g/mol. The van der Waals surface area contributed by atoms with Crippen LogP contribution in [0.4, 0.5) is 5.69 Å². The van der Waals surface area contributed by atoms with Crippen LogP contribution in [0.3, 0.4) is 0 Å². The van der Waals surface area contributed by atoms with Crippen molar-refractivity contribution in [3.05, 3.63) is 70.1 Å². The minimum absolute atomic E-state index is 0.0824. The van der Waals surface area contributed by atoms with Crippen LogP contribution in [-0.4, -0.2) is 29.5 Å². The largest absolute Gasteiger partial charge is 0.481 e. The molecule has 2 aromatic heterocycles. The number of carboxylic acids is 1. The second-order valence-electron chi connectivity index (χ2n) is 7.09. The Balaban J connectivity index is 1.82. The van der Waals surface area contributed by atoms with E-state index in [0.717, 1.165) is 5.56 Å². The topological polar surface area (TPSA) is 132 Å². The zero-order valence-electron chi connectivity index (χ0n) is 16.0. The summed E-state index contributed by atoms with van der Waals surface area (Å²) in [5, 5.41) is 10.2. The Labute approximate surface area is 171 Å². The number of fused-ring (bicyclic) bond motifs is 3. The fraction of sp³-hybridized carbons (Fsp3) is 0.143. The first-order valence-electron chi connectivity index (χ1n) is 9.22. The summed E-state index contributed by atoms with van der Waals surface area (Å²) in [4.78, 5) is 29.1. The molecule has 4 aromatic rings. The molecule has 0 radical (unpaired) electrons. The van der Waals surface area contributed by atoms with Crippen LogP contribution in [0.25, 0.3) is 21.8 Å². The zero-order chi connectivity index (χ0) is 21.5. The van der Waals surface area contributed by atoms with Gasteiger partial charge in [0.05, 0.1) is 4.90 Å². The summed E-state index contributed by atoms with van der Waals surface area (Å²) in [5.41, 5.74) is 2.37. The van der Waals surface area contributed by atoms with Crippen molar-refractivity contribution >= 4 is 43.5 Å². The van der Waals surface area contributed by atoms with Gasteiger partial charge in [0.1, 0.15) is 5.52 Å². The highest BCUT2D eigenvalue weighted by molar-refractivity contribution is 7.92. The van der Waals surface area contributed by atoms with E-state index in [1.54, 1.807) is 36.5 Å². The van der Waals surface area contributed by atoms with Gasteiger partial charge in [-0.3, -0.25) is 14.3 Å². The molecule has 0 fully saturated rings. The van der Waals surface area contributed by atoms with Crippen molar-refractivity contribution < 1.29 is 18.3 Å². The normalized spacial score (nSPS) is 11.8. The molecule has 2 aromatic carbocycles. The summed E-state index contributed by atoms with van der Waals surface area (Å²) in [6.07, 6.45) is 1.78. The number of aryl methyl sites for hydroxylation is 2. The number of pyridine rings is 1. The molecule has 0 aliphatic heterocycles. The number of aliphatic carboxylic acids is 1. The summed E-state index contributed by atoms with van der Waals surface area (Å²) < 4.78 is 28.1. The lowest BCUT2D eigenvalue weighted by molar-refractivity contribution is -0.136. The van der Waals surface area contributed by atoms with Crippen LogP contribution in [0.1, 0.15) is 17.5 Å². The molecule has 0 saturated carbocycles. The van der Waals surface area contributed by atoms with Crippen molar-refractivity contribution in [2.24, 2.45) is 0 Å². The second kappa shape index (κ2) is 7.34. The fourth-order valence-corrected chi connectivity index (χ4v) is 4.65. The van der Waals surface area contributed by atoms with E-state index in [0.29, 0.717) is 33.1 Å². The number of H-pyrrole nitrogens is 2. The summed E-state index contributed by atoms with van der Waals surface area (Å²) in [6.45, 7) is 1.81. The van der Waals surface area contributed by atoms with E-state index in [9.17, 15) is 18.0 Å². The number of hydrogen-bond donors (Lipinski definition) is 4. The minimum Gasteiger partial charge on any atom is -0.481 e. The van der Waals surface area contributed by atoms with E-state index in [-0.39, 0.29) is 23.3 Å². The molecule has 4 N–H and O–H groups in total. The molecule has 9 heteroatoms. The number of rotatable bonds is 6. The van der Waals surface area contributed by atoms with Crippen LogP contribution in [0, 0.1) is 6.92 Å². The number of carbonyl (C=O) groups is 1. The van der Waals surface area contributed by atoms with Crippen molar-refractivity contribution in [3.63, 3.8) is 0 Å². The van der Waals surface area contributed by atoms with E-state index in [1.165, 1.54) is 6.07 Å². The molecule has 4 rings (SSSR count). The summed E-state index contributed by atoms with van der Waals surface area (Å²) >= 11 is 0. The number of benzene rings is 2. The van der Waals surface area contributed by atoms with E-state index in [4.69, 9.17) is 5.11 Å². The van der Waals surface area contributed by atoms with Gasteiger partial charge in [-0.05, 0) is 54.8 Å². The first kappa shape index (κ1) is 19.7. The number of carboxylic acid groups (broad SMARTS) is 1. The van der Waals surface area contributed by atoms with Crippen molar-refractivity contribution in [1.82, 2.24) is 9.97 Å². The molecule has 0 amide bonds. The molecule has 30 heavy (non-hydrogen) atoms. The van der Waals surface area contributed by atoms with Crippen LogP contribution in [0.2, 0.25) is 0 Å². The SMILES string of the molecule is Cc1cccc(S(=O)(=O)Nc2ccc3[nH]c(=O)c4[nH]cc(CCC(=O)O)c4c3c2)c1. The maximum Gasteiger partial charge on any atom is 0.303 e. The predicted molar refractivity (Wildman–Crippen MR) is 114 cm³/mol. The molecule has 0 aliphatic carbocycles. The number of anilines is 1. The third-order valence-electron chi connectivity index (χ3n) is 4.89. The van der Waals surface area contributed by atoms with Gasteiger partial charge in [-0.25, -0.2) is 8.42 Å². The molecule has 0 unspecified atom stereocenters. The maximum atomic E-state index is 12.8. The van der Waals surface area contributed by atoms with Gasteiger partial charge in [-0.2, -0.15) is 0 Å². The summed E-state index contributed by atoms with van der Waals surface area (Å²) in [5.74, 6) is -0.940. The Kier molecular flexibility index (Phi) is 4.83. The van der Waals surface area contributed by atoms with E-state index in [2.05, 4.69) is 14.7 Å². The van der Waals surface area contributed by atoms with Crippen LogP contribution < -0.4 is 10.3 Å². The Hall–Kier alpha value is -3.59. The van der Waals surface area contributed by atoms with Crippen LogP contribution in [0.5, 0.6) is 0 Å². The third-order valence-corrected chi connectivity index (χ3v) is 6.27. The summed E-state index contributed by atoms with van der Waals surface area (Å²) in [7, 11) is -3.79. The van der Waals surface area contributed by atoms with Crippen LogP contribution in [-0.2, 0) is 21.2 Å². The second-order valence-corrected chi connectivity index (χ2v) is 8.78. The van der Waals surface area contributed by atoms with Gasteiger partial charge < -0.3 is 15.1 Å². The van der Waals surface area contributed by atoms with Crippen LogP contribution >= 0.6 is 0 Å². The molecular formula is C21H19N3O5S.